The fraction of sp³-hybridized carbons (Fsp3) is 0.467. The Morgan fingerprint density at radius 3 is 2.59 bits per heavy atom. The Balaban J connectivity index is 2.57. The minimum atomic E-state index is -3.74. The lowest BCUT2D eigenvalue weighted by atomic mass is 10.1. The van der Waals surface area contributed by atoms with Crippen molar-refractivity contribution < 1.29 is 13.2 Å². The molecule has 7 heteroatoms. The second kappa shape index (κ2) is 6.08. The van der Waals surface area contributed by atoms with Crippen LogP contribution in [0.1, 0.15) is 34.1 Å². The van der Waals surface area contributed by atoms with Gasteiger partial charge in [0.05, 0.1) is 5.69 Å². The summed E-state index contributed by atoms with van der Waals surface area (Å²) in [5.41, 5.74) is 1.07. The normalized spacial score (nSPS) is 16.2. The molecule has 1 aliphatic rings. The van der Waals surface area contributed by atoms with Gasteiger partial charge in [-0.15, -0.1) is 4.40 Å². The third kappa shape index (κ3) is 3.30. The van der Waals surface area contributed by atoms with Crippen LogP contribution in [-0.4, -0.2) is 26.7 Å². The molecule has 22 heavy (non-hydrogen) atoms. The average molecular weight is 323 g/mol. The van der Waals surface area contributed by atoms with Gasteiger partial charge in [-0.25, -0.2) is 0 Å². The number of amides is 1. The van der Waals surface area contributed by atoms with Gasteiger partial charge in [-0.3, -0.25) is 4.79 Å². The van der Waals surface area contributed by atoms with E-state index < -0.39 is 10.0 Å². The van der Waals surface area contributed by atoms with Crippen molar-refractivity contribution in [3.05, 3.63) is 18.2 Å². The highest BCUT2D eigenvalue weighted by Gasteiger charge is 2.30. The van der Waals surface area contributed by atoms with Crippen LogP contribution < -0.4 is 10.2 Å². The van der Waals surface area contributed by atoms with E-state index in [0.717, 1.165) is 0 Å². The van der Waals surface area contributed by atoms with E-state index in [1.54, 1.807) is 12.1 Å². The highest BCUT2D eigenvalue weighted by Crippen LogP contribution is 2.34. The van der Waals surface area contributed by atoms with E-state index in [4.69, 9.17) is 0 Å². The molecule has 0 radical (unpaired) electrons. The quantitative estimate of drug-likeness (QED) is 0.924. The molecule has 1 amide bonds. The maximum atomic E-state index is 12.4. The molecule has 0 spiro atoms. The van der Waals surface area contributed by atoms with Gasteiger partial charge in [-0.05, 0) is 24.1 Å². The summed E-state index contributed by atoms with van der Waals surface area (Å²) in [5, 5.41) is 2.60. The highest BCUT2D eigenvalue weighted by atomic mass is 32.2. The summed E-state index contributed by atoms with van der Waals surface area (Å²) >= 11 is 0. The number of benzene rings is 1. The molecule has 0 atom stereocenters. The van der Waals surface area contributed by atoms with Gasteiger partial charge >= 0.3 is 0 Å². The maximum absolute atomic E-state index is 12.4. The summed E-state index contributed by atoms with van der Waals surface area (Å²) in [6, 6.07) is 4.90. The second-order valence-electron chi connectivity index (χ2n) is 5.70. The lowest BCUT2D eigenvalue weighted by Crippen LogP contribution is -2.38. The summed E-state index contributed by atoms with van der Waals surface area (Å²) < 4.78 is 28.7. The Kier molecular flexibility index (Phi) is 4.55. The van der Waals surface area contributed by atoms with Crippen LogP contribution in [0.25, 0.3) is 0 Å². The van der Waals surface area contributed by atoms with Crippen LogP contribution in [0.3, 0.4) is 0 Å². The first-order valence-electron chi connectivity index (χ1n) is 7.27. The molecule has 0 saturated heterocycles. The molecule has 0 saturated carbocycles. The predicted molar refractivity (Wildman–Crippen MR) is 87.8 cm³/mol. The molecular formula is C15H21N3O3S. The second-order valence-corrected chi connectivity index (χ2v) is 7.28. The molecule has 120 valence electrons. The Bertz CT molecular complexity index is 724. The van der Waals surface area contributed by atoms with Crippen molar-refractivity contribution in [1.82, 2.24) is 0 Å². The van der Waals surface area contributed by atoms with Gasteiger partial charge in [0.1, 0.15) is 10.7 Å². The molecule has 1 aromatic carbocycles. The summed E-state index contributed by atoms with van der Waals surface area (Å²) in [4.78, 5) is 13.2. The van der Waals surface area contributed by atoms with Crippen molar-refractivity contribution >= 4 is 33.1 Å². The molecule has 0 aliphatic carbocycles. The number of hydrogen-bond donors (Lipinski definition) is 1. The number of nitrogens with zero attached hydrogens (tertiary/aromatic N) is 2. The number of fused-ring (bicyclic) bond motifs is 1. The van der Waals surface area contributed by atoms with Crippen molar-refractivity contribution in [2.45, 2.75) is 39.0 Å². The van der Waals surface area contributed by atoms with Crippen molar-refractivity contribution in [3.63, 3.8) is 0 Å². The van der Waals surface area contributed by atoms with Crippen molar-refractivity contribution in [3.8, 4) is 0 Å². The van der Waals surface area contributed by atoms with Crippen LogP contribution >= 0.6 is 0 Å². The zero-order valence-electron chi connectivity index (χ0n) is 13.3. The Labute approximate surface area is 131 Å². The minimum Gasteiger partial charge on any atom is -0.328 e. The van der Waals surface area contributed by atoms with Crippen LogP contribution in [0.4, 0.5) is 11.4 Å². The first-order chi connectivity index (χ1) is 10.2. The van der Waals surface area contributed by atoms with Gasteiger partial charge in [-0.2, -0.15) is 8.42 Å². The van der Waals surface area contributed by atoms with E-state index in [2.05, 4.69) is 23.6 Å². The molecule has 0 bridgehead atoms. The number of amidine groups is 1. The van der Waals surface area contributed by atoms with Gasteiger partial charge < -0.3 is 10.2 Å². The fourth-order valence-electron chi connectivity index (χ4n) is 2.43. The number of nitrogens with one attached hydrogen (secondary N) is 1. The van der Waals surface area contributed by atoms with Gasteiger partial charge in [0.25, 0.3) is 10.0 Å². The lowest BCUT2D eigenvalue weighted by Gasteiger charge is -2.32. The summed E-state index contributed by atoms with van der Waals surface area (Å²) in [6.07, 6.45) is 0.541. The van der Waals surface area contributed by atoms with Gasteiger partial charge in [-0.1, -0.05) is 20.8 Å². The fourth-order valence-corrected chi connectivity index (χ4v) is 3.75. The molecule has 0 unspecified atom stereocenters. The van der Waals surface area contributed by atoms with Gasteiger partial charge in [0.15, 0.2) is 0 Å². The Hall–Kier alpha value is -1.89. The molecule has 0 fully saturated rings. The Morgan fingerprint density at radius 1 is 1.36 bits per heavy atom. The summed E-state index contributed by atoms with van der Waals surface area (Å²) in [5.74, 6) is 0.666. The summed E-state index contributed by atoms with van der Waals surface area (Å²) in [6.45, 7) is 8.10. The monoisotopic (exact) mass is 323 g/mol. The van der Waals surface area contributed by atoms with E-state index in [0.29, 0.717) is 36.1 Å². The van der Waals surface area contributed by atoms with E-state index in [9.17, 15) is 13.2 Å². The molecule has 0 aromatic heterocycles. The topological polar surface area (TPSA) is 78.8 Å². The SMILES string of the molecule is CCC1=NS(=O)(=O)c2cc(NC(C)=O)ccc2N1CC(C)C. The molecule has 1 aliphatic heterocycles. The van der Waals surface area contributed by atoms with E-state index in [1.165, 1.54) is 13.0 Å². The molecule has 2 rings (SSSR count). The van der Waals surface area contributed by atoms with Gasteiger partial charge in [0, 0.05) is 25.6 Å². The van der Waals surface area contributed by atoms with Crippen LogP contribution in [0, 0.1) is 5.92 Å². The Morgan fingerprint density at radius 2 is 2.05 bits per heavy atom. The predicted octanol–water partition coefficient (Wildman–Crippen LogP) is 2.62. The summed E-state index contributed by atoms with van der Waals surface area (Å²) in [7, 11) is -3.74. The van der Waals surface area contributed by atoms with Crippen LogP contribution in [0.15, 0.2) is 27.5 Å². The molecular weight excluding hydrogens is 302 g/mol. The molecule has 1 heterocycles. The number of anilines is 2. The van der Waals surface area contributed by atoms with Crippen LogP contribution in [0.2, 0.25) is 0 Å². The molecule has 1 aromatic rings. The first-order valence-corrected chi connectivity index (χ1v) is 8.71. The maximum Gasteiger partial charge on any atom is 0.286 e. The molecule has 1 N–H and O–H groups in total. The first kappa shape index (κ1) is 16.5. The van der Waals surface area contributed by atoms with Crippen LogP contribution in [0.5, 0.6) is 0 Å². The minimum absolute atomic E-state index is 0.136. The third-order valence-electron chi connectivity index (χ3n) is 3.25. The number of rotatable bonds is 4. The largest absolute Gasteiger partial charge is 0.328 e. The van der Waals surface area contributed by atoms with Crippen molar-refractivity contribution in [2.24, 2.45) is 10.3 Å². The zero-order chi connectivity index (χ0) is 16.5. The number of carbonyl (C=O) groups excluding carboxylic acids is 1. The third-order valence-corrected chi connectivity index (χ3v) is 4.58. The van der Waals surface area contributed by atoms with E-state index >= 15 is 0 Å². The zero-order valence-corrected chi connectivity index (χ0v) is 14.1. The van der Waals surface area contributed by atoms with Crippen LogP contribution in [-0.2, 0) is 14.8 Å². The highest BCUT2D eigenvalue weighted by molar-refractivity contribution is 7.90. The lowest BCUT2D eigenvalue weighted by molar-refractivity contribution is -0.114. The average Bonchev–Trinajstić information content (AvgIpc) is 2.41. The van der Waals surface area contributed by atoms with Crippen molar-refractivity contribution in [1.29, 1.82) is 0 Å². The molecule has 6 nitrogen and oxygen atoms in total. The van der Waals surface area contributed by atoms with E-state index in [1.807, 2.05) is 11.8 Å². The van der Waals surface area contributed by atoms with Crippen molar-refractivity contribution in [2.75, 3.05) is 16.8 Å². The van der Waals surface area contributed by atoms with Gasteiger partial charge in [0.2, 0.25) is 5.91 Å². The number of sulfonamides is 1. The smallest absolute Gasteiger partial charge is 0.286 e. The number of hydrogen-bond acceptors (Lipinski definition) is 4. The standard InChI is InChI=1S/C15H21N3O3S/c1-5-15-17-22(20,21)14-8-12(16-11(4)19)6-7-13(14)18(15)9-10(2)3/h6-8,10H,5,9H2,1-4H3,(H,16,19). The van der Waals surface area contributed by atoms with E-state index in [-0.39, 0.29) is 10.8 Å². The number of carbonyl (C=O) groups is 1.